The van der Waals surface area contributed by atoms with Crippen LogP contribution in [0.15, 0.2) is 18.6 Å². The highest BCUT2D eigenvalue weighted by Gasteiger charge is 2.23. The van der Waals surface area contributed by atoms with Gasteiger partial charge in [0, 0.05) is 44.6 Å². The zero-order valence-electron chi connectivity index (χ0n) is 14.1. The van der Waals surface area contributed by atoms with E-state index in [1.54, 1.807) is 12.5 Å². The molecule has 0 radical (unpaired) electrons. The first-order chi connectivity index (χ1) is 11.7. The van der Waals surface area contributed by atoms with Crippen LogP contribution < -0.4 is 10.2 Å². The topological polar surface area (TPSA) is 90.0 Å². The average molecular weight is 329 g/mol. The minimum absolute atomic E-state index is 0.0158. The zero-order chi connectivity index (χ0) is 16.9. The summed E-state index contributed by atoms with van der Waals surface area (Å²) in [4.78, 5) is 32.6. The Labute approximate surface area is 141 Å². The van der Waals surface area contributed by atoms with Gasteiger partial charge in [-0.15, -0.1) is 0 Å². The van der Waals surface area contributed by atoms with Gasteiger partial charge < -0.3 is 20.1 Å². The van der Waals surface area contributed by atoms with Crippen LogP contribution in [-0.2, 0) is 0 Å². The number of aromatic nitrogens is 4. The molecule has 1 aliphatic rings. The molecule has 8 nitrogen and oxygen atoms in total. The minimum Gasteiger partial charge on any atom is -0.370 e. The second kappa shape index (κ2) is 7.29. The molecule has 0 spiro atoms. The highest BCUT2D eigenvalue weighted by Crippen LogP contribution is 2.15. The molecule has 3 heterocycles. The van der Waals surface area contributed by atoms with E-state index in [-0.39, 0.29) is 5.91 Å². The monoisotopic (exact) mass is 329 g/mol. The number of anilines is 2. The maximum atomic E-state index is 12.6. The van der Waals surface area contributed by atoms with Gasteiger partial charge >= 0.3 is 0 Å². The number of nitrogens with one attached hydrogen (secondary N) is 2. The van der Waals surface area contributed by atoms with E-state index in [1.165, 1.54) is 0 Å². The van der Waals surface area contributed by atoms with Gasteiger partial charge in [0.05, 0.1) is 6.33 Å². The van der Waals surface area contributed by atoms with Crippen molar-refractivity contribution in [2.45, 2.75) is 20.3 Å². The number of H-pyrrole nitrogens is 1. The molecule has 1 aliphatic heterocycles. The molecule has 0 saturated carbocycles. The normalized spacial score (nSPS) is 15.2. The number of imidazole rings is 1. The number of nitrogens with zero attached hydrogens (tertiary/aromatic N) is 5. The van der Waals surface area contributed by atoms with Crippen molar-refractivity contribution < 1.29 is 4.79 Å². The van der Waals surface area contributed by atoms with Gasteiger partial charge in [-0.25, -0.2) is 9.97 Å². The Hall–Kier alpha value is -2.64. The van der Waals surface area contributed by atoms with Crippen molar-refractivity contribution in [2.75, 3.05) is 42.9 Å². The Morgan fingerprint density at radius 1 is 1.29 bits per heavy atom. The van der Waals surface area contributed by atoms with E-state index in [9.17, 15) is 4.79 Å². The number of aromatic amines is 1. The van der Waals surface area contributed by atoms with E-state index in [2.05, 4.69) is 30.2 Å². The highest BCUT2D eigenvalue weighted by molar-refractivity contribution is 5.93. The lowest BCUT2D eigenvalue weighted by Crippen LogP contribution is -2.36. The van der Waals surface area contributed by atoms with Gasteiger partial charge in [0.1, 0.15) is 11.5 Å². The summed E-state index contributed by atoms with van der Waals surface area (Å²) in [5.41, 5.74) is 1.32. The third-order valence-electron chi connectivity index (χ3n) is 4.10. The maximum Gasteiger partial charge on any atom is 0.274 e. The summed E-state index contributed by atoms with van der Waals surface area (Å²) in [5.74, 6) is 1.52. The van der Waals surface area contributed by atoms with Gasteiger partial charge in [-0.2, -0.15) is 4.98 Å². The van der Waals surface area contributed by atoms with Crippen LogP contribution in [0.4, 0.5) is 11.8 Å². The van der Waals surface area contributed by atoms with E-state index in [0.29, 0.717) is 31.3 Å². The van der Waals surface area contributed by atoms with Crippen LogP contribution in [0.25, 0.3) is 0 Å². The lowest BCUT2D eigenvalue weighted by Gasteiger charge is -2.22. The van der Waals surface area contributed by atoms with Crippen molar-refractivity contribution in [3.63, 3.8) is 0 Å². The summed E-state index contributed by atoms with van der Waals surface area (Å²) in [7, 11) is 0. The lowest BCUT2D eigenvalue weighted by atomic mass is 10.3. The SMILES string of the molecule is CCNc1ccnc(N2CCCN(C(=O)c3nc[nH]c3C)CC2)n1. The molecule has 2 aromatic rings. The van der Waals surface area contributed by atoms with E-state index in [0.717, 1.165) is 31.0 Å². The van der Waals surface area contributed by atoms with Crippen LogP contribution in [-0.4, -0.2) is 63.5 Å². The third kappa shape index (κ3) is 3.47. The Balaban J connectivity index is 1.68. The minimum atomic E-state index is -0.0158. The van der Waals surface area contributed by atoms with Crippen molar-refractivity contribution >= 4 is 17.7 Å². The van der Waals surface area contributed by atoms with Crippen LogP contribution in [0.1, 0.15) is 29.5 Å². The molecule has 0 unspecified atom stereocenters. The highest BCUT2D eigenvalue weighted by atomic mass is 16.2. The Morgan fingerprint density at radius 2 is 2.17 bits per heavy atom. The number of amides is 1. The third-order valence-corrected chi connectivity index (χ3v) is 4.10. The Kier molecular flexibility index (Phi) is 4.93. The van der Waals surface area contributed by atoms with Gasteiger partial charge in [0.15, 0.2) is 0 Å². The van der Waals surface area contributed by atoms with Crippen molar-refractivity contribution in [3.8, 4) is 0 Å². The number of aryl methyl sites for hydroxylation is 1. The van der Waals surface area contributed by atoms with Gasteiger partial charge in [-0.3, -0.25) is 4.79 Å². The van der Waals surface area contributed by atoms with E-state index >= 15 is 0 Å². The van der Waals surface area contributed by atoms with E-state index in [1.807, 2.05) is 24.8 Å². The first-order valence-electron chi connectivity index (χ1n) is 8.30. The molecule has 0 aliphatic carbocycles. The molecule has 1 saturated heterocycles. The van der Waals surface area contributed by atoms with Crippen molar-refractivity contribution in [2.24, 2.45) is 0 Å². The van der Waals surface area contributed by atoms with Gasteiger partial charge in [-0.1, -0.05) is 0 Å². The summed E-state index contributed by atoms with van der Waals surface area (Å²) in [6, 6.07) is 1.86. The van der Waals surface area contributed by atoms with Crippen LogP contribution in [0.3, 0.4) is 0 Å². The number of hydrogen-bond acceptors (Lipinski definition) is 6. The fourth-order valence-electron chi connectivity index (χ4n) is 2.83. The second-order valence-corrected chi connectivity index (χ2v) is 5.78. The number of rotatable bonds is 4. The fraction of sp³-hybridized carbons (Fsp3) is 0.500. The Bertz CT molecular complexity index is 699. The molecule has 8 heteroatoms. The van der Waals surface area contributed by atoms with Crippen LogP contribution in [0, 0.1) is 6.92 Å². The maximum absolute atomic E-state index is 12.6. The summed E-state index contributed by atoms with van der Waals surface area (Å²) in [6.45, 7) is 7.62. The molecule has 128 valence electrons. The molecular formula is C16H23N7O. The van der Waals surface area contributed by atoms with Crippen LogP contribution >= 0.6 is 0 Å². The predicted molar refractivity (Wildman–Crippen MR) is 92.3 cm³/mol. The standard InChI is InChI=1S/C16H23N7O/c1-3-17-13-5-6-18-16(21-13)23-8-4-7-22(9-10-23)15(24)14-12(2)19-11-20-14/h5-6,11H,3-4,7-10H2,1-2H3,(H,19,20)(H,17,18,21). The van der Waals surface area contributed by atoms with Crippen molar-refractivity contribution in [3.05, 3.63) is 30.0 Å². The van der Waals surface area contributed by atoms with Gasteiger partial charge in [0.2, 0.25) is 5.95 Å². The molecule has 0 bridgehead atoms. The molecule has 24 heavy (non-hydrogen) atoms. The van der Waals surface area contributed by atoms with Crippen molar-refractivity contribution in [1.29, 1.82) is 0 Å². The number of hydrogen-bond donors (Lipinski definition) is 2. The molecule has 1 fully saturated rings. The molecule has 2 aromatic heterocycles. The molecular weight excluding hydrogens is 306 g/mol. The molecule has 1 amide bonds. The second-order valence-electron chi connectivity index (χ2n) is 5.78. The van der Waals surface area contributed by atoms with E-state index in [4.69, 9.17) is 0 Å². The summed E-state index contributed by atoms with van der Waals surface area (Å²) in [5, 5.41) is 3.20. The molecule has 0 aromatic carbocycles. The van der Waals surface area contributed by atoms with Crippen molar-refractivity contribution in [1.82, 2.24) is 24.8 Å². The Morgan fingerprint density at radius 3 is 2.92 bits per heavy atom. The first kappa shape index (κ1) is 16.2. The average Bonchev–Trinajstić information content (AvgIpc) is 2.87. The fourth-order valence-corrected chi connectivity index (χ4v) is 2.83. The van der Waals surface area contributed by atoms with Crippen LogP contribution in [0.2, 0.25) is 0 Å². The molecule has 3 rings (SSSR count). The molecule has 0 atom stereocenters. The van der Waals surface area contributed by atoms with E-state index < -0.39 is 0 Å². The van der Waals surface area contributed by atoms with Gasteiger partial charge in [0.25, 0.3) is 5.91 Å². The summed E-state index contributed by atoms with van der Waals surface area (Å²) in [6.07, 6.45) is 4.21. The summed E-state index contributed by atoms with van der Waals surface area (Å²) >= 11 is 0. The first-order valence-corrected chi connectivity index (χ1v) is 8.30. The lowest BCUT2D eigenvalue weighted by molar-refractivity contribution is 0.0761. The quantitative estimate of drug-likeness (QED) is 0.878. The van der Waals surface area contributed by atoms with Crippen LogP contribution in [0.5, 0.6) is 0 Å². The predicted octanol–water partition coefficient (Wildman–Crippen LogP) is 1.29. The largest absolute Gasteiger partial charge is 0.370 e. The zero-order valence-corrected chi connectivity index (χ0v) is 14.1. The van der Waals surface area contributed by atoms with Gasteiger partial charge in [-0.05, 0) is 26.3 Å². The number of carbonyl (C=O) groups is 1. The molecule has 2 N–H and O–H groups in total. The summed E-state index contributed by atoms with van der Waals surface area (Å²) < 4.78 is 0. The smallest absolute Gasteiger partial charge is 0.274 e. The number of carbonyl (C=O) groups excluding carboxylic acids is 1.